The lowest BCUT2D eigenvalue weighted by Crippen LogP contribution is -2.43. The summed E-state index contributed by atoms with van der Waals surface area (Å²) in [5.74, 6) is -3.06. The van der Waals surface area contributed by atoms with Gasteiger partial charge in [0.1, 0.15) is 11.1 Å². The highest BCUT2D eigenvalue weighted by Crippen LogP contribution is 2.41. The highest BCUT2D eigenvalue weighted by Gasteiger charge is 2.28. The Morgan fingerprint density at radius 2 is 1.83 bits per heavy atom. The van der Waals surface area contributed by atoms with Gasteiger partial charge in [0.2, 0.25) is 0 Å². The molecule has 2 rings (SSSR count). The predicted octanol–water partition coefficient (Wildman–Crippen LogP) is 3.53. The van der Waals surface area contributed by atoms with E-state index in [0.29, 0.717) is 0 Å². The van der Waals surface area contributed by atoms with Gasteiger partial charge in [0.05, 0.1) is 17.2 Å². The summed E-state index contributed by atoms with van der Waals surface area (Å²) in [6.07, 6.45) is 0.174. The fraction of sp³-hybridized carbons (Fsp3) is 0.250. The van der Waals surface area contributed by atoms with Crippen LogP contribution in [0.25, 0.3) is 0 Å². The van der Waals surface area contributed by atoms with Crippen LogP contribution in [-0.2, 0) is 20.7 Å². The van der Waals surface area contributed by atoms with Crippen LogP contribution < -0.4 is 10.1 Å². The molecule has 1 unspecified atom stereocenters. The lowest BCUT2D eigenvalue weighted by molar-refractivity contribution is -0.145. The molecule has 0 aliphatic rings. The standard InChI is InChI=1S/C20H19Cl2NO6/c1-3-28-20(27)15(9-12-7-5-4-6-8-12)23-19(26)13-10-14(21)17(25)16(22)18(13)29-11(2)24/h4-8,10,15,25H,3,9H2,1-2H3,(H,23,26). The minimum Gasteiger partial charge on any atom is -0.505 e. The zero-order chi connectivity index (χ0) is 21.6. The zero-order valence-electron chi connectivity index (χ0n) is 15.7. The number of nitrogens with one attached hydrogen (secondary N) is 1. The minimum atomic E-state index is -1.01. The SMILES string of the molecule is CCOC(=O)C(Cc1ccccc1)NC(=O)c1cc(Cl)c(O)c(Cl)c1OC(C)=O. The fourth-order valence-corrected chi connectivity index (χ4v) is 3.02. The minimum absolute atomic E-state index is 0.134. The second-order valence-corrected chi connectivity index (χ2v) is 6.74. The van der Waals surface area contributed by atoms with Crippen molar-refractivity contribution in [1.82, 2.24) is 5.32 Å². The Hall–Kier alpha value is -2.77. The highest BCUT2D eigenvalue weighted by molar-refractivity contribution is 6.39. The van der Waals surface area contributed by atoms with Crippen LogP contribution in [0.4, 0.5) is 0 Å². The largest absolute Gasteiger partial charge is 0.505 e. The number of amides is 1. The Kier molecular flexibility index (Phi) is 7.87. The third kappa shape index (κ3) is 5.85. The third-order valence-corrected chi connectivity index (χ3v) is 4.44. The van der Waals surface area contributed by atoms with E-state index in [0.717, 1.165) is 18.6 Å². The topological polar surface area (TPSA) is 102 Å². The number of benzene rings is 2. The van der Waals surface area contributed by atoms with Gasteiger partial charge in [-0.05, 0) is 18.6 Å². The van der Waals surface area contributed by atoms with E-state index in [4.69, 9.17) is 32.7 Å². The molecule has 0 bridgehead atoms. The van der Waals surface area contributed by atoms with Crippen molar-refractivity contribution in [2.24, 2.45) is 0 Å². The fourth-order valence-electron chi connectivity index (χ4n) is 2.53. The number of phenols is 1. The lowest BCUT2D eigenvalue weighted by atomic mass is 10.1. The summed E-state index contributed by atoms with van der Waals surface area (Å²) >= 11 is 11.9. The summed E-state index contributed by atoms with van der Waals surface area (Å²) in [4.78, 5) is 36.6. The van der Waals surface area contributed by atoms with Crippen LogP contribution in [0.1, 0.15) is 29.8 Å². The number of halogens is 2. The van der Waals surface area contributed by atoms with E-state index >= 15 is 0 Å². The molecule has 7 nitrogen and oxygen atoms in total. The summed E-state index contributed by atoms with van der Waals surface area (Å²) < 4.78 is 10.0. The molecular weight excluding hydrogens is 421 g/mol. The molecule has 2 aromatic rings. The molecule has 9 heteroatoms. The molecule has 0 aromatic heterocycles. The first-order chi connectivity index (χ1) is 13.7. The third-order valence-electron chi connectivity index (χ3n) is 3.80. The highest BCUT2D eigenvalue weighted by atomic mass is 35.5. The Labute approximate surface area is 177 Å². The molecule has 0 aliphatic carbocycles. The van der Waals surface area contributed by atoms with Crippen LogP contribution >= 0.6 is 23.2 Å². The van der Waals surface area contributed by atoms with Crippen molar-refractivity contribution in [3.63, 3.8) is 0 Å². The Balaban J connectivity index is 2.37. The van der Waals surface area contributed by atoms with Crippen molar-refractivity contribution >= 4 is 41.0 Å². The summed E-state index contributed by atoms with van der Waals surface area (Å²) in [5.41, 5.74) is 0.586. The zero-order valence-corrected chi connectivity index (χ0v) is 17.2. The molecule has 154 valence electrons. The Morgan fingerprint density at radius 1 is 1.17 bits per heavy atom. The van der Waals surface area contributed by atoms with Crippen molar-refractivity contribution < 1.29 is 29.0 Å². The van der Waals surface area contributed by atoms with Crippen molar-refractivity contribution in [3.8, 4) is 11.5 Å². The van der Waals surface area contributed by atoms with E-state index < -0.39 is 34.7 Å². The molecule has 2 aromatic carbocycles. The molecular formula is C20H19Cl2NO6. The van der Waals surface area contributed by atoms with Gasteiger partial charge in [0, 0.05) is 13.3 Å². The summed E-state index contributed by atoms with van der Waals surface area (Å²) in [6, 6.07) is 9.12. The Morgan fingerprint density at radius 3 is 2.41 bits per heavy atom. The Bertz CT molecular complexity index is 917. The van der Waals surface area contributed by atoms with Gasteiger partial charge in [-0.1, -0.05) is 53.5 Å². The predicted molar refractivity (Wildman–Crippen MR) is 107 cm³/mol. The van der Waals surface area contributed by atoms with Crippen molar-refractivity contribution in [1.29, 1.82) is 0 Å². The molecule has 0 aliphatic heterocycles. The van der Waals surface area contributed by atoms with Gasteiger partial charge >= 0.3 is 11.9 Å². The maximum Gasteiger partial charge on any atom is 0.328 e. The first kappa shape index (κ1) is 22.5. The quantitative estimate of drug-likeness (QED) is 0.505. The maximum atomic E-state index is 12.9. The van der Waals surface area contributed by atoms with Crippen LogP contribution in [-0.4, -0.2) is 35.6 Å². The van der Waals surface area contributed by atoms with Gasteiger partial charge in [-0.3, -0.25) is 9.59 Å². The lowest BCUT2D eigenvalue weighted by Gasteiger charge is -2.19. The number of carbonyl (C=O) groups excluding carboxylic acids is 3. The molecule has 0 heterocycles. The van der Waals surface area contributed by atoms with E-state index in [1.807, 2.05) is 6.07 Å². The summed E-state index contributed by atoms with van der Waals surface area (Å²) in [7, 11) is 0. The average molecular weight is 440 g/mol. The second kappa shape index (κ2) is 10.1. The number of esters is 2. The smallest absolute Gasteiger partial charge is 0.328 e. The first-order valence-electron chi connectivity index (χ1n) is 8.65. The monoisotopic (exact) mass is 439 g/mol. The van der Waals surface area contributed by atoms with Crippen molar-refractivity contribution in [2.45, 2.75) is 26.3 Å². The maximum absolute atomic E-state index is 12.9. The van der Waals surface area contributed by atoms with E-state index in [2.05, 4.69) is 5.32 Å². The van der Waals surface area contributed by atoms with Crippen LogP contribution in [0.3, 0.4) is 0 Å². The van der Waals surface area contributed by atoms with Gasteiger partial charge in [-0.15, -0.1) is 0 Å². The molecule has 29 heavy (non-hydrogen) atoms. The number of ether oxygens (including phenoxy) is 2. The van der Waals surface area contributed by atoms with Crippen LogP contribution in [0.15, 0.2) is 36.4 Å². The van der Waals surface area contributed by atoms with Crippen LogP contribution in [0.2, 0.25) is 10.0 Å². The molecule has 0 spiro atoms. The number of phenolic OH excluding ortho intramolecular Hbond substituents is 1. The number of carbonyl (C=O) groups is 3. The van der Waals surface area contributed by atoms with Gasteiger partial charge < -0.3 is 19.9 Å². The molecule has 2 N–H and O–H groups in total. The van der Waals surface area contributed by atoms with E-state index in [9.17, 15) is 19.5 Å². The number of rotatable bonds is 7. The summed E-state index contributed by atoms with van der Waals surface area (Å²) in [6.45, 7) is 2.90. The van der Waals surface area contributed by atoms with Gasteiger partial charge in [-0.2, -0.15) is 0 Å². The number of aromatic hydroxyl groups is 1. The molecule has 0 radical (unpaired) electrons. The average Bonchev–Trinajstić information content (AvgIpc) is 2.68. The van der Waals surface area contributed by atoms with Crippen LogP contribution in [0, 0.1) is 0 Å². The van der Waals surface area contributed by atoms with E-state index in [-0.39, 0.29) is 29.4 Å². The van der Waals surface area contributed by atoms with E-state index in [1.165, 1.54) is 0 Å². The molecule has 0 saturated carbocycles. The number of hydrogen-bond donors (Lipinski definition) is 2. The van der Waals surface area contributed by atoms with Crippen LogP contribution in [0.5, 0.6) is 11.5 Å². The van der Waals surface area contributed by atoms with Gasteiger partial charge in [0.25, 0.3) is 5.91 Å². The van der Waals surface area contributed by atoms with Crippen molar-refractivity contribution in [3.05, 3.63) is 57.6 Å². The normalized spacial score (nSPS) is 11.4. The second-order valence-electron chi connectivity index (χ2n) is 5.96. The molecule has 1 amide bonds. The summed E-state index contributed by atoms with van der Waals surface area (Å²) in [5, 5.41) is 11.8. The van der Waals surface area contributed by atoms with Gasteiger partial charge in [-0.25, -0.2) is 4.79 Å². The first-order valence-corrected chi connectivity index (χ1v) is 9.41. The molecule has 0 saturated heterocycles. The molecule has 0 fully saturated rings. The van der Waals surface area contributed by atoms with E-state index in [1.54, 1.807) is 31.2 Å². The van der Waals surface area contributed by atoms with Crippen molar-refractivity contribution in [2.75, 3.05) is 6.61 Å². The number of hydrogen-bond acceptors (Lipinski definition) is 6. The molecule has 1 atom stereocenters. The van der Waals surface area contributed by atoms with Gasteiger partial charge in [0.15, 0.2) is 11.5 Å².